The molecule has 0 spiro atoms. The van der Waals surface area contributed by atoms with Crippen LogP contribution in [-0.4, -0.2) is 15.8 Å². The summed E-state index contributed by atoms with van der Waals surface area (Å²) in [6.45, 7) is 1.63. The maximum Gasteiger partial charge on any atom is 0.274 e. The van der Waals surface area contributed by atoms with Crippen LogP contribution in [0.5, 0.6) is 0 Å². The molecule has 0 aliphatic rings. The normalized spacial score (nSPS) is 10.2. The van der Waals surface area contributed by atoms with Crippen molar-refractivity contribution >= 4 is 49.1 Å². The topological polar surface area (TPSA) is 85.1 Å². The van der Waals surface area contributed by atoms with Crippen molar-refractivity contribution in [1.29, 1.82) is 0 Å². The van der Waals surface area contributed by atoms with Crippen molar-refractivity contribution < 1.29 is 9.72 Å². The molecular weight excluding hydrogens is 406 g/mol. The Morgan fingerprint density at radius 1 is 1.29 bits per heavy atom. The van der Waals surface area contributed by atoms with Crippen LogP contribution in [0.3, 0.4) is 0 Å². The average molecular weight is 415 g/mol. The summed E-state index contributed by atoms with van der Waals surface area (Å²) in [5.41, 5.74) is 1.13. The first-order valence-corrected chi connectivity index (χ1v) is 7.33. The van der Waals surface area contributed by atoms with E-state index in [1.54, 1.807) is 25.3 Å². The van der Waals surface area contributed by atoms with Gasteiger partial charge in [0.25, 0.3) is 11.6 Å². The number of aryl methyl sites for hydroxylation is 1. The van der Waals surface area contributed by atoms with Crippen LogP contribution in [0, 0.1) is 17.0 Å². The second kappa shape index (κ2) is 6.31. The first-order chi connectivity index (χ1) is 9.88. The number of nitrogens with one attached hydrogen (secondary N) is 1. The predicted octanol–water partition coefficient (Wildman–Crippen LogP) is 4.08. The molecular formula is C13H9Br2N3O3. The van der Waals surface area contributed by atoms with Crippen LogP contribution in [0.25, 0.3) is 0 Å². The van der Waals surface area contributed by atoms with Crippen molar-refractivity contribution in [2.75, 3.05) is 5.32 Å². The Bertz CT molecular complexity index is 735. The molecule has 0 bridgehead atoms. The Morgan fingerprint density at radius 2 is 2.00 bits per heavy atom. The van der Waals surface area contributed by atoms with Crippen LogP contribution < -0.4 is 5.32 Å². The number of hydrogen-bond donors (Lipinski definition) is 1. The summed E-state index contributed by atoms with van der Waals surface area (Å²) in [6.07, 6.45) is 2.97. The van der Waals surface area contributed by atoms with Gasteiger partial charge < -0.3 is 5.32 Å². The molecule has 1 heterocycles. The van der Waals surface area contributed by atoms with E-state index in [1.165, 1.54) is 12.3 Å². The minimum absolute atomic E-state index is 0.0548. The second-order valence-electron chi connectivity index (χ2n) is 4.22. The minimum atomic E-state index is -0.488. The maximum atomic E-state index is 12.1. The van der Waals surface area contributed by atoms with E-state index in [0.717, 1.165) is 0 Å². The largest absolute Gasteiger partial charge is 0.321 e. The van der Waals surface area contributed by atoms with E-state index >= 15 is 0 Å². The molecule has 0 atom stereocenters. The molecule has 0 unspecified atom stereocenters. The molecule has 2 aromatic rings. The summed E-state index contributed by atoms with van der Waals surface area (Å²) in [5.74, 6) is -0.400. The van der Waals surface area contributed by atoms with Crippen molar-refractivity contribution in [2.24, 2.45) is 0 Å². The fourth-order valence-electron chi connectivity index (χ4n) is 1.68. The number of carbonyl (C=O) groups excluding carboxylic acids is 1. The standard InChI is InChI=1S/C13H9Br2N3O3/c1-7-2-10(15)11(4-12(7)18(20)21)17-13(19)8-3-9(14)6-16-5-8/h2-6H,1H3,(H,17,19). The molecule has 21 heavy (non-hydrogen) atoms. The molecule has 108 valence electrons. The smallest absolute Gasteiger partial charge is 0.274 e. The van der Waals surface area contributed by atoms with Gasteiger partial charge in [-0.3, -0.25) is 19.9 Å². The van der Waals surface area contributed by atoms with Gasteiger partial charge in [0, 0.05) is 33.0 Å². The summed E-state index contributed by atoms with van der Waals surface area (Å²) >= 11 is 6.51. The number of amides is 1. The molecule has 1 N–H and O–H groups in total. The number of nitro groups is 1. The van der Waals surface area contributed by atoms with Gasteiger partial charge in [-0.05, 0) is 50.9 Å². The van der Waals surface area contributed by atoms with E-state index in [4.69, 9.17) is 0 Å². The van der Waals surface area contributed by atoms with Crippen molar-refractivity contribution in [3.8, 4) is 0 Å². The van der Waals surface area contributed by atoms with E-state index in [2.05, 4.69) is 42.2 Å². The van der Waals surface area contributed by atoms with Gasteiger partial charge in [-0.25, -0.2) is 0 Å². The van der Waals surface area contributed by atoms with Crippen molar-refractivity contribution in [3.05, 3.63) is 60.8 Å². The Balaban J connectivity index is 2.33. The van der Waals surface area contributed by atoms with Crippen LogP contribution >= 0.6 is 31.9 Å². The highest BCUT2D eigenvalue weighted by Crippen LogP contribution is 2.31. The van der Waals surface area contributed by atoms with Gasteiger partial charge in [-0.15, -0.1) is 0 Å². The first kappa shape index (κ1) is 15.6. The molecule has 0 fully saturated rings. The number of benzene rings is 1. The molecule has 2 rings (SSSR count). The summed E-state index contributed by atoms with van der Waals surface area (Å²) in [4.78, 5) is 26.5. The highest BCUT2D eigenvalue weighted by atomic mass is 79.9. The molecule has 0 aliphatic heterocycles. The third kappa shape index (κ3) is 3.64. The number of aromatic nitrogens is 1. The van der Waals surface area contributed by atoms with Gasteiger partial charge in [-0.1, -0.05) is 0 Å². The molecule has 0 aliphatic carbocycles. The summed E-state index contributed by atoms with van der Waals surface area (Å²) in [7, 11) is 0. The third-order valence-corrected chi connectivity index (χ3v) is 3.79. The van der Waals surface area contributed by atoms with Crippen LogP contribution in [0.15, 0.2) is 39.5 Å². The fourth-order valence-corrected chi connectivity index (χ4v) is 2.61. The molecule has 1 aromatic carbocycles. The number of anilines is 1. The van der Waals surface area contributed by atoms with E-state index in [9.17, 15) is 14.9 Å². The molecule has 1 aromatic heterocycles. The number of rotatable bonds is 3. The van der Waals surface area contributed by atoms with E-state index in [-0.39, 0.29) is 5.69 Å². The van der Waals surface area contributed by atoms with Crippen LogP contribution in [0.2, 0.25) is 0 Å². The van der Waals surface area contributed by atoms with Gasteiger partial charge in [0.1, 0.15) is 0 Å². The van der Waals surface area contributed by atoms with Gasteiger partial charge in [0.15, 0.2) is 0 Å². The van der Waals surface area contributed by atoms with Crippen molar-refractivity contribution in [3.63, 3.8) is 0 Å². The van der Waals surface area contributed by atoms with E-state index < -0.39 is 10.8 Å². The Morgan fingerprint density at radius 3 is 2.62 bits per heavy atom. The number of nitrogens with zero attached hydrogens (tertiary/aromatic N) is 2. The number of carbonyl (C=O) groups is 1. The lowest BCUT2D eigenvalue weighted by Gasteiger charge is -2.09. The van der Waals surface area contributed by atoms with E-state index in [1.807, 2.05) is 0 Å². The fraction of sp³-hybridized carbons (Fsp3) is 0.0769. The zero-order valence-electron chi connectivity index (χ0n) is 10.8. The summed E-state index contributed by atoms with van der Waals surface area (Å²) in [6, 6.07) is 4.52. The highest BCUT2D eigenvalue weighted by molar-refractivity contribution is 9.10. The van der Waals surface area contributed by atoms with Crippen LogP contribution in [-0.2, 0) is 0 Å². The number of hydrogen-bond acceptors (Lipinski definition) is 4. The monoisotopic (exact) mass is 413 g/mol. The molecule has 0 saturated heterocycles. The zero-order chi connectivity index (χ0) is 15.6. The number of halogens is 2. The Labute approximate surface area is 137 Å². The predicted molar refractivity (Wildman–Crippen MR) is 85.4 cm³/mol. The maximum absolute atomic E-state index is 12.1. The highest BCUT2D eigenvalue weighted by Gasteiger charge is 2.16. The lowest BCUT2D eigenvalue weighted by Crippen LogP contribution is -2.13. The lowest BCUT2D eigenvalue weighted by atomic mass is 10.1. The van der Waals surface area contributed by atoms with Gasteiger partial charge >= 0.3 is 0 Å². The second-order valence-corrected chi connectivity index (χ2v) is 5.99. The minimum Gasteiger partial charge on any atom is -0.321 e. The number of pyridine rings is 1. The van der Waals surface area contributed by atoms with Crippen molar-refractivity contribution in [2.45, 2.75) is 6.92 Å². The van der Waals surface area contributed by atoms with Gasteiger partial charge in [0.05, 0.1) is 16.2 Å². The third-order valence-electron chi connectivity index (χ3n) is 2.70. The Kier molecular flexibility index (Phi) is 4.69. The van der Waals surface area contributed by atoms with Gasteiger partial charge in [0.2, 0.25) is 0 Å². The SMILES string of the molecule is Cc1cc(Br)c(NC(=O)c2cncc(Br)c2)cc1[N+](=O)[O-]. The molecule has 1 amide bonds. The molecule has 6 nitrogen and oxygen atoms in total. The zero-order valence-corrected chi connectivity index (χ0v) is 13.9. The molecule has 0 radical (unpaired) electrons. The lowest BCUT2D eigenvalue weighted by molar-refractivity contribution is -0.385. The van der Waals surface area contributed by atoms with Gasteiger partial charge in [-0.2, -0.15) is 0 Å². The number of nitro benzene ring substituents is 1. The summed E-state index contributed by atoms with van der Waals surface area (Å²) in [5, 5.41) is 13.6. The Hall–Kier alpha value is -1.80. The quantitative estimate of drug-likeness (QED) is 0.605. The first-order valence-electron chi connectivity index (χ1n) is 5.75. The van der Waals surface area contributed by atoms with Crippen LogP contribution in [0.4, 0.5) is 11.4 Å². The average Bonchev–Trinajstić information content (AvgIpc) is 2.41. The van der Waals surface area contributed by atoms with Crippen molar-refractivity contribution in [1.82, 2.24) is 4.98 Å². The molecule has 0 saturated carbocycles. The molecule has 8 heteroatoms. The van der Waals surface area contributed by atoms with E-state index in [0.29, 0.717) is 25.8 Å². The van der Waals surface area contributed by atoms with Crippen LogP contribution in [0.1, 0.15) is 15.9 Å². The summed E-state index contributed by atoms with van der Waals surface area (Å²) < 4.78 is 1.24.